The van der Waals surface area contributed by atoms with Gasteiger partial charge in [-0.2, -0.15) is 0 Å². The second kappa shape index (κ2) is 10.1. The predicted octanol–water partition coefficient (Wildman–Crippen LogP) is 0.871. The molecule has 2 aliphatic heterocycles. The van der Waals surface area contributed by atoms with Crippen LogP contribution in [-0.4, -0.2) is 55.6 Å². The molecule has 1 unspecified atom stereocenters. The van der Waals surface area contributed by atoms with Crippen molar-refractivity contribution in [3.63, 3.8) is 0 Å². The monoisotopic (exact) mass is 520 g/mol. The van der Waals surface area contributed by atoms with Gasteiger partial charge in [-0.15, -0.1) is 0 Å². The number of esters is 3. The van der Waals surface area contributed by atoms with Gasteiger partial charge in [0.05, 0.1) is 26.4 Å². The predicted molar refractivity (Wildman–Crippen MR) is 131 cm³/mol. The molecule has 0 fully saturated rings. The summed E-state index contributed by atoms with van der Waals surface area (Å²) in [7, 11) is 2.08. The van der Waals surface area contributed by atoms with Gasteiger partial charge in [-0.25, -0.2) is 19.4 Å². The molecule has 0 saturated carbocycles. The van der Waals surface area contributed by atoms with Gasteiger partial charge in [-0.3, -0.25) is 15.0 Å². The Morgan fingerprint density at radius 2 is 1.55 bits per heavy atom. The van der Waals surface area contributed by atoms with Crippen molar-refractivity contribution in [2.45, 2.75) is 12.3 Å². The first-order valence-electron chi connectivity index (χ1n) is 11.4. The van der Waals surface area contributed by atoms with Crippen LogP contribution in [0.15, 0.2) is 77.3 Å². The maximum Gasteiger partial charge on any atom is 0.357 e. The van der Waals surface area contributed by atoms with E-state index >= 15 is 0 Å². The molecular weight excluding hydrogens is 496 g/mol. The Bertz CT molecular complexity index is 1420. The van der Waals surface area contributed by atoms with Gasteiger partial charge in [-0.1, -0.05) is 36.4 Å². The fourth-order valence-electron chi connectivity index (χ4n) is 4.57. The number of nitrogens with zero attached hydrogens (tertiary/aromatic N) is 1. The minimum Gasteiger partial charge on any atom is -0.466 e. The lowest BCUT2D eigenvalue weighted by molar-refractivity contribution is -0.144. The van der Waals surface area contributed by atoms with E-state index in [4.69, 9.17) is 19.9 Å². The summed E-state index contributed by atoms with van der Waals surface area (Å²) in [6, 6.07) is 14.2. The molecule has 4 N–H and O–H groups in total. The molecule has 1 spiro atoms. The zero-order chi connectivity index (χ0) is 27.6. The lowest BCUT2D eigenvalue weighted by Crippen LogP contribution is -2.57. The maximum atomic E-state index is 13.8. The number of hydrogen-bond acceptors (Lipinski definition) is 10. The molecule has 196 valence electrons. The van der Waals surface area contributed by atoms with E-state index in [9.17, 15) is 24.0 Å². The summed E-state index contributed by atoms with van der Waals surface area (Å²) in [6.07, 6.45) is 0. The van der Waals surface area contributed by atoms with Gasteiger partial charge in [0.1, 0.15) is 16.8 Å². The number of nitrogens with one attached hydrogen (secondary N) is 2. The lowest BCUT2D eigenvalue weighted by Gasteiger charge is -2.40. The topological polar surface area (TPSA) is 166 Å². The summed E-state index contributed by atoms with van der Waals surface area (Å²) >= 11 is 0. The Labute approximate surface area is 217 Å². The van der Waals surface area contributed by atoms with E-state index in [1.165, 1.54) is 18.2 Å². The molecule has 2 amide bonds. The number of hydrazine groups is 1. The summed E-state index contributed by atoms with van der Waals surface area (Å²) in [5.74, 6) is -5.48. The number of rotatable bonds is 6. The van der Waals surface area contributed by atoms with Crippen molar-refractivity contribution < 1.29 is 38.2 Å². The second-order valence-corrected chi connectivity index (χ2v) is 8.08. The summed E-state index contributed by atoms with van der Waals surface area (Å²) in [6.45, 7) is 1.44. The van der Waals surface area contributed by atoms with Gasteiger partial charge in [0, 0.05) is 16.8 Å². The summed E-state index contributed by atoms with van der Waals surface area (Å²) in [5, 5.41) is 3.37. The van der Waals surface area contributed by atoms with Crippen LogP contribution in [0.5, 0.6) is 0 Å². The Kier molecular flexibility index (Phi) is 6.89. The minimum absolute atomic E-state index is 0.105. The molecule has 2 aliphatic rings. The Hall–Kier alpha value is -5.13. The summed E-state index contributed by atoms with van der Waals surface area (Å²) in [5.41, 5.74) is 5.49. The highest BCUT2D eigenvalue weighted by Crippen LogP contribution is 2.53. The molecule has 1 atom stereocenters. The number of carbonyl (C=O) groups is 5. The fourth-order valence-corrected chi connectivity index (χ4v) is 4.57. The SMILES string of the molecule is CCOC(=O)C1=C(N)N(NC(=O)c2ccccc2)C(C(=O)OC)=C(C(=O)OC)C12C(=O)Nc1ccccc12. The van der Waals surface area contributed by atoms with Crippen LogP contribution in [0.1, 0.15) is 22.8 Å². The number of anilines is 1. The zero-order valence-electron chi connectivity index (χ0n) is 20.7. The summed E-state index contributed by atoms with van der Waals surface area (Å²) in [4.78, 5) is 67.0. The second-order valence-electron chi connectivity index (χ2n) is 8.08. The van der Waals surface area contributed by atoms with E-state index < -0.39 is 57.8 Å². The highest BCUT2D eigenvalue weighted by atomic mass is 16.5. The Balaban J connectivity index is 2.10. The highest BCUT2D eigenvalue weighted by Gasteiger charge is 2.63. The average molecular weight is 520 g/mol. The van der Waals surface area contributed by atoms with Crippen LogP contribution >= 0.6 is 0 Å². The zero-order valence-corrected chi connectivity index (χ0v) is 20.7. The minimum atomic E-state index is -2.27. The average Bonchev–Trinajstić information content (AvgIpc) is 3.21. The molecule has 0 saturated heterocycles. The maximum absolute atomic E-state index is 13.8. The van der Waals surface area contributed by atoms with Crippen LogP contribution in [0, 0.1) is 0 Å². The Morgan fingerprint density at radius 3 is 2.18 bits per heavy atom. The molecule has 0 aromatic heterocycles. The van der Waals surface area contributed by atoms with Gasteiger partial charge >= 0.3 is 17.9 Å². The van der Waals surface area contributed by atoms with Crippen molar-refractivity contribution in [1.29, 1.82) is 0 Å². The van der Waals surface area contributed by atoms with Crippen molar-refractivity contribution in [2.75, 3.05) is 26.1 Å². The smallest absolute Gasteiger partial charge is 0.357 e. The summed E-state index contributed by atoms with van der Waals surface area (Å²) < 4.78 is 15.1. The molecule has 2 heterocycles. The van der Waals surface area contributed by atoms with Gasteiger partial charge in [0.25, 0.3) is 5.91 Å². The van der Waals surface area contributed by atoms with Crippen LogP contribution < -0.4 is 16.5 Å². The van der Waals surface area contributed by atoms with E-state index in [1.54, 1.807) is 43.3 Å². The van der Waals surface area contributed by atoms with E-state index in [1.807, 2.05) is 0 Å². The van der Waals surface area contributed by atoms with Crippen molar-refractivity contribution in [3.8, 4) is 0 Å². The number of fused-ring (bicyclic) bond motifs is 2. The van der Waals surface area contributed by atoms with Crippen LogP contribution in [0.25, 0.3) is 0 Å². The van der Waals surface area contributed by atoms with Crippen molar-refractivity contribution in [1.82, 2.24) is 10.4 Å². The van der Waals surface area contributed by atoms with Crippen LogP contribution in [-0.2, 0) is 38.8 Å². The van der Waals surface area contributed by atoms with Crippen molar-refractivity contribution >= 4 is 35.4 Å². The molecular formula is C26H24N4O8. The number of amides is 2. The van der Waals surface area contributed by atoms with Gasteiger partial charge < -0.3 is 25.3 Å². The molecule has 12 nitrogen and oxygen atoms in total. The van der Waals surface area contributed by atoms with Crippen LogP contribution in [0.2, 0.25) is 0 Å². The fraction of sp³-hybridized carbons (Fsp3) is 0.192. The third kappa shape index (κ3) is 3.82. The number of ether oxygens (including phenoxy) is 3. The molecule has 0 radical (unpaired) electrons. The number of hydrogen-bond donors (Lipinski definition) is 3. The molecule has 0 bridgehead atoms. The molecule has 4 rings (SSSR count). The molecule has 12 heteroatoms. The third-order valence-corrected chi connectivity index (χ3v) is 6.12. The van der Waals surface area contributed by atoms with E-state index in [2.05, 4.69) is 10.7 Å². The van der Waals surface area contributed by atoms with E-state index in [0.29, 0.717) is 0 Å². The molecule has 2 aromatic carbocycles. The van der Waals surface area contributed by atoms with E-state index in [0.717, 1.165) is 19.2 Å². The van der Waals surface area contributed by atoms with E-state index in [-0.39, 0.29) is 23.4 Å². The first kappa shape index (κ1) is 25.9. The van der Waals surface area contributed by atoms with Gasteiger partial charge in [0.15, 0.2) is 5.70 Å². The first-order chi connectivity index (χ1) is 18.2. The third-order valence-electron chi connectivity index (χ3n) is 6.12. The van der Waals surface area contributed by atoms with Gasteiger partial charge in [-0.05, 0) is 25.1 Å². The molecule has 2 aromatic rings. The van der Waals surface area contributed by atoms with Crippen LogP contribution in [0.4, 0.5) is 5.69 Å². The molecule has 38 heavy (non-hydrogen) atoms. The lowest BCUT2D eigenvalue weighted by atomic mass is 9.66. The van der Waals surface area contributed by atoms with Crippen molar-refractivity contribution in [3.05, 3.63) is 88.4 Å². The van der Waals surface area contributed by atoms with Crippen LogP contribution in [0.3, 0.4) is 0 Å². The molecule has 0 aliphatic carbocycles. The Morgan fingerprint density at radius 1 is 0.921 bits per heavy atom. The number of methoxy groups -OCH3 is 2. The number of para-hydroxylation sites is 1. The largest absolute Gasteiger partial charge is 0.466 e. The first-order valence-corrected chi connectivity index (χ1v) is 11.4. The standard InChI is InChI=1S/C26H24N4O8/c1-4-38-23(33)18-20(27)30(29-21(31)14-10-6-5-7-11-14)19(24(34)37-3)17(22(32)36-2)26(18)15-12-8-9-13-16(15)28-25(26)35/h5-13H,4,27H2,1-3H3,(H,28,35)(H,29,31). The van der Waals surface area contributed by atoms with Crippen molar-refractivity contribution in [2.24, 2.45) is 5.73 Å². The normalized spacial score (nSPS) is 18.1. The highest BCUT2D eigenvalue weighted by molar-refractivity contribution is 6.23. The quantitative estimate of drug-likeness (QED) is 0.367. The number of benzene rings is 2. The number of carbonyl (C=O) groups excluding carboxylic acids is 5. The van der Waals surface area contributed by atoms with Gasteiger partial charge in [0.2, 0.25) is 5.91 Å². The number of nitrogens with two attached hydrogens (primary N) is 1.